The summed E-state index contributed by atoms with van der Waals surface area (Å²) >= 11 is 0. The summed E-state index contributed by atoms with van der Waals surface area (Å²) in [5, 5.41) is 12.4. The van der Waals surface area contributed by atoms with Gasteiger partial charge >= 0.3 is 5.69 Å². The molecule has 0 unspecified atom stereocenters. The molecule has 5 N–H and O–H groups in total. The number of hydrogen-bond acceptors (Lipinski definition) is 6. The molecule has 9 heteroatoms. The van der Waals surface area contributed by atoms with E-state index in [1.165, 1.54) is 6.20 Å². The van der Waals surface area contributed by atoms with Gasteiger partial charge in [0.15, 0.2) is 0 Å². The molecule has 9 nitrogen and oxygen atoms in total. The Hall–Kier alpha value is -2.58. The van der Waals surface area contributed by atoms with E-state index in [0.29, 0.717) is 18.8 Å². The second-order valence-electron chi connectivity index (χ2n) is 3.32. The summed E-state index contributed by atoms with van der Waals surface area (Å²) in [6.45, 7) is 0.959. The molecule has 2 aromatic rings. The van der Waals surface area contributed by atoms with Crippen LogP contribution in [0.3, 0.4) is 0 Å². The van der Waals surface area contributed by atoms with Crippen molar-refractivity contribution in [2.75, 3.05) is 17.6 Å². The highest BCUT2D eigenvalue weighted by atomic mass is 16.2. The number of nitrogens with zero attached hydrogens (tertiary/aromatic N) is 3. The summed E-state index contributed by atoms with van der Waals surface area (Å²) in [4.78, 5) is 24.0. The molecule has 0 aliphatic heterocycles. The van der Waals surface area contributed by atoms with E-state index in [4.69, 9.17) is 5.73 Å². The maximum atomic E-state index is 11.2. The van der Waals surface area contributed by atoms with Crippen LogP contribution in [0.15, 0.2) is 22.0 Å². The molecule has 0 saturated heterocycles. The summed E-state index contributed by atoms with van der Waals surface area (Å²) in [6, 6.07) is 0. The van der Waals surface area contributed by atoms with Gasteiger partial charge in [0.05, 0.1) is 18.4 Å². The lowest BCUT2D eigenvalue weighted by atomic mass is 10.5. The molecule has 0 amide bonds. The van der Waals surface area contributed by atoms with Gasteiger partial charge in [0.25, 0.3) is 5.56 Å². The smallest absolute Gasteiger partial charge is 0.342 e. The predicted molar refractivity (Wildman–Crippen MR) is 60.6 cm³/mol. The molecule has 0 bridgehead atoms. The lowest BCUT2D eigenvalue weighted by Gasteiger charge is -2.03. The highest BCUT2D eigenvalue weighted by Crippen LogP contribution is 1.97. The standard InChI is InChI=1S/C8H11N7O2/c9-5-3-11-15(4-5)2-1-10-6-7(16)12-8(17)14-13-6/h3-4H,1-2,9H2,(H,10,13)(H2,12,14,16,17). The first-order valence-corrected chi connectivity index (χ1v) is 4.86. The third-order valence-electron chi connectivity index (χ3n) is 2.00. The van der Waals surface area contributed by atoms with Gasteiger partial charge in [-0.25, -0.2) is 9.89 Å². The van der Waals surface area contributed by atoms with Gasteiger partial charge in [0, 0.05) is 12.7 Å². The molecule has 0 radical (unpaired) electrons. The number of hydrogen-bond donors (Lipinski definition) is 4. The highest BCUT2D eigenvalue weighted by Gasteiger charge is 2.01. The zero-order chi connectivity index (χ0) is 12.3. The molecule has 2 aromatic heterocycles. The molecule has 0 aromatic carbocycles. The highest BCUT2D eigenvalue weighted by molar-refractivity contribution is 5.31. The summed E-state index contributed by atoms with van der Waals surface area (Å²) in [5.41, 5.74) is 4.87. The molecule has 0 aliphatic carbocycles. The van der Waals surface area contributed by atoms with E-state index < -0.39 is 11.2 Å². The molecule has 0 saturated carbocycles. The zero-order valence-corrected chi connectivity index (χ0v) is 8.80. The molecule has 90 valence electrons. The predicted octanol–water partition coefficient (Wildman–Crippen LogP) is -1.65. The molecule has 2 rings (SSSR count). The van der Waals surface area contributed by atoms with Crippen LogP contribution in [-0.4, -0.2) is 31.5 Å². The number of anilines is 2. The van der Waals surface area contributed by atoms with Gasteiger partial charge in [-0.2, -0.15) is 5.10 Å². The summed E-state index contributed by atoms with van der Waals surface area (Å²) in [7, 11) is 0. The molecule has 0 aliphatic rings. The minimum absolute atomic E-state index is 0.0599. The fraction of sp³-hybridized carbons (Fsp3) is 0.250. The van der Waals surface area contributed by atoms with Crippen LogP contribution in [0.5, 0.6) is 0 Å². The summed E-state index contributed by atoms with van der Waals surface area (Å²) < 4.78 is 1.63. The Kier molecular flexibility index (Phi) is 2.90. The summed E-state index contributed by atoms with van der Waals surface area (Å²) in [5.74, 6) is 0.0599. The lowest BCUT2D eigenvalue weighted by Crippen LogP contribution is -2.27. The molecule has 17 heavy (non-hydrogen) atoms. The zero-order valence-electron chi connectivity index (χ0n) is 8.80. The quantitative estimate of drug-likeness (QED) is 0.503. The Morgan fingerprint density at radius 1 is 1.47 bits per heavy atom. The Morgan fingerprint density at radius 2 is 2.29 bits per heavy atom. The van der Waals surface area contributed by atoms with Gasteiger partial charge in [0.2, 0.25) is 5.82 Å². The largest absolute Gasteiger partial charge is 0.396 e. The second kappa shape index (κ2) is 4.51. The van der Waals surface area contributed by atoms with E-state index in [9.17, 15) is 9.59 Å². The number of nitrogen functional groups attached to an aromatic ring is 1. The van der Waals surface area contributed by atoms with Crippen molar-refractivity contribution in [1.29, 1.82) is 0 Å². The van der Waals surface area contributed by atoms with E-state index in [1.807, 2.05) is 0 Å². The lowest BCUT2D eigenvalue weighted by molar-refractivity contribution is 0.636. The second-order valence-corrected chi connectivity index (χ2v) is 3.32. The van der Waals surface area contributed by atoms with Crippen molar-refractivity contribution in [1.82, 2.24) is 25.0 Å². The van der Waals surface area contributed by atoms with Crippen molar-refractivity contribution in [3.8, 4) is 0 Å². The van der Waals surface area contributed by atoms with E-state index in [0.717, 1.165) is 0 Å². The van der Waals surface area contributed by atoms with Crippen LogP contribution in [0.25, 0.3) is 0 Å². The number of nitrogens with two attached hydrogens (primary N) is 1. The van der Waals surface area contributed by atoms with Gasteiger partial charge in [-0.15, -0.1) is 5.10 Å². The first-order chi connectivity index (χ1) is 8.15. The van der Waals surface area contributed by atoms with Crippen molar-refractivity contribution >= 4 is 11.5 Å². The van der Waals surface area contributed by atoms with Gasteiger partial charge in [-0.1, -0.05) is 0 Å². The van der Waals surface area contributed by atoms with Crippen LogP contribution in [0, 0.1) is 0 Å². The Balaban J connectivity index is 1.94. The average Bonchev–Trinajstić information content (AvgIpc) is 2.68. The van der Waals surface area contributed by atoms with Crippen molar-refractivity contribution in [3.63, 3.8) is 0 Å². The van der Waals surface area contributed by atoms with Gasteiger partial charge in [0.1, 0.15) is 0 Å². The van der Waals surface area contributed by atoms with Crippen LogP contribution in [-0.2, 0) is 6.54 Å². The Labute approximate surface area is 94.7 Å². The van der Waals surface area contributed by atoms with Gasteiger partial charge in [-0.3, -0.25) is 14.5 Å². The molecule has 0 fully saturated rings. The fourth-order valence-corrected chi connectivity index (χ4v) is 1.26. The van der Waals surface area contributed by atoms with E-state index >= 15 is 0 Å². The molecule has 0 atom stereocenters. The third-order valence-corrected chi connectivity index (χ3v) is 2.00. The normalized spacial score (nSPS) is 10.4. The molecular formula is C8H11N7O2. The van der Waals surface area contributed by atoms with Crippen LogP contribution >= 0.6 is 0 Å². The molecule has 2 heterocycles. The number of nitrogens with one attached hydrogen (secondary N) is 3. The minimum atomic E-state index is -0.639. The minimum Gasteiger partial charge on any atom is -0.396 e. The number of rotatable bonds is 4. The third kappa shape index (κ3) is 2.71. The van der Waals surface area contributed by atoms with E-state index in [-0.39, 0.29) is 5.82 Å². The van der Waals surface area contributed by atoms with Crippen LogP contribution in [0.4, 0.5) is 11.5 Å². The van der Waals surface area contributed by atoms with Crippen LogP contribution in [0.2, 0.25) is 0 Å². The Bertz CT molecular complexity index is 611. The van der Waals surface area contributed by atoms with Crippen molar-refractivity contribution in [3.05, 3.63) is 33.2 Å². The molecular weight excluding hydrogens is 226 g/mol. The maximum Gasteiger partial charge on any atom is 0.342 e. The monoisotopic (exact) mass is 237 g/mol. The topological polar surface area (TPSA) is 134 Å². The SMILES string of the molecule is Nc1cnn(CCNc2n[nH]c(=O)[nH]c2=O)c1. The van der Waals surface area contributed by atoms with Gasteiger partial charge < -0.3 is 11.1 Å². The first kappa shape index (κ1) is 10.9. The number of aromatic nitrogens is 5. The van der Waals surface area contributed by atoms with Gasteiger partial charge in [-0.05, 0) is 0 Å². The van der Waals surface area contributed by atoms with Crippen LogP contribution in [0.1, 0.15) is 0 Å². The summed E-state index contributed by atoms with van der Waals surface area (Å²) in [6.07, 6.45) is 3.21. The Morgan fingerprint density at radius 3 is 2.94 bits per heavy atom. The number of H-pyrrole nitrogens is 2. The maximum absolute atomic E-state index is 11.2. The van der Waals surface area contributed by atoms with Crippen molar-refractivity contribution < 1.29 is 0 Å². The van der Waals surface area contributed by atoms with Crippen molar-refractivity contribution in [2.45, 2.75) is 6.54 Å². The molecule has 0 spiro atoms. The van der Waals surface area contributed by atoms with E-state index in [2.05, 4.69) is 25.6 Å². The van der Waals surface area contributed by atoms with Crippen LogP contribution < -0.4 is 22.3 Å². The van der Waals surface area contributed by atoms with E-state index in [1.54, 1.807) is 10.9 Å². The van der Waals surface area contributed by atoms with Crippen molar-refractivity contribution in [2.24, 2.45) is 0 Å². The fourth-order valence-electron chi connectivity index (χ4n) is 1.26. The average molecular weight is 237 g/mol. The first-order valence-electron chi connectivity index (χ1n) is 4.86. The number of aromatic amines is 2.